The number of alkyl halides is 3. The second-order valence-corrected chi connectivity index (χ2v) is 5.68. The van der Waals surface area contributed by atoms with Crippen molar-refractivity contribution in [2.75, 3.05) is 13.1 Å². The van der Waals surface area contributed by atoms with Gasteiger partial charge in [0.25, 0.3) is 5.91 Å². The van der Waals surface area contributed by atoms with Crippen molar-refractivity contribution in [3.8, 4) is 5.75 Å². The van der Waals surface area contributed by atoms with Crippen LogP contribution in [0.3, 0.4) is 0 Å². The quantitative estimate of drug-likeness (QED) is 0.854. The smallest absolute Gasteiger partial charge is 0.416 e. The number of benzene rings is 1. The Morgan fingerprint density at radius 2 is 1.92 bits per heavy atom. The summed E-state index contributed by atoms with van der Waals surface area (Å²) in [5.74, 6) is -1.53. The first-order valence-corrected chi connectivity index (χ1v) is 7.69. The molecule has 9 heteroatoms. The fourth-order valence-electron chi connectivity index (χ4n) is 2.77. The van der Waals surface area contributed by atoms with Gasteiger partial charge in [-0.3, -0.25) is 9.59 Å². The average Bonchev–Trinajstić information content (AvgIpc) is 2.61. The Balaban J connectivity index is 1.96. The fourth-order valence-corrected chi connectivity index (χ4v) is 2.77. The van der Waals surface area contributed by atoms with E-state index in [-0.39, 0.29) is 30.1 Å². The van der Waals surface area contributed by atoms with E-state index in [1.165, 1.54) is 23.2 Å². The van der Waals surface area contributed by atoms with Crippen molar-refractivity contribution >= 4 is 11.8 Å². The Morgan fingerprint density at radius 1 is 1.23 bits per heavy atom. The molecule has 0 saturated carbocycles. The number of halogens is 3. The molecule has 1 aliphatic rings. The Bertz CT molecular complexity index is 837. The van der Waals surface area contributed by atoms with E-state index in [4.69, 9.17) is 0 Å². The van der Waals surface area contributed by atoms with E-state index in [0.717, 1.165) is 24.3 Å². The van der Waals surface area contributed by atoms with Crippen LogP contribution in [0.25, 0.3) is 0 Å². The highest BCUT2D eigenvalue weighted by Gasteiger charge is 2.37. The van der Waals surface area contributed by atoms with E-state index >= 15 is 0 Å². The van der Waals surface area contributed by atoms with Crippen LogP contribution in [0.2, 0.25) is 0 Å². The molecule has 2 aromatic rings. The van der Waals surface area contributed by atoms with Gasteiger partial charge in [-0.05, 0) is 29.8 Å². The van der Waals surface area contributed by atoms with Crippen molar-refractivity contribution in [3.05, 3.63) is 59.4 Å². The maximum atomic E-state index is 12.7. The molecule has 3 rings (SSSR count). The number of hydrogen-bond acceptors (Lipinski definition) is 4. The van der Waals surface area contributed by atoms with Crippen molar-refractivity contribution < 1.29 is 27.9 Å². The number of nitrogens with zero attached hydrogens (tertiary/aromatic N) is 2. The molecular weight excluding hydrogens is 351 g/mol. The average molecular weight is 365 g/mol. The van der Waals surface area contributed by atoms with Crippen LogP contribution in [0, 0.1) is 0 Å². The molecule has 2 amide bonds. The van der Waals surface area contributed by atoms with Gasteiger partial charge in [0.1, 0.15) is 11.8 Å². The minimum atomic E-state index is -4.50. The zero-order chi connectivity index (χ0) is 18.9. The molecule has 0 spiro atoms. The van der Waals surface area contributed by atoms with E-state index in [0.29, 0.717) is 0 Å². The van der Waals surface area contributed by atoms with Gasteiger partial charge >= 0.3 is 6.18 Å². The molecule has 136 valence electrons. The van der Waals surface area contributed by atoms with E-state index in [1.54, 1.807) is 0 Å². The molecule has 6 nitrogen and oxygen atoms in total. The summed E-state index contributed by atoms with van der Waals surface area (Å²) in [6.07, 6.45) is -3.17. The second-order valence-electron chi connectivity index (χ2n) is 5.68. The Kier molecular flexibility index (Phi) is 4.54. The first-order chi connectivity index (χ1) is 12.3. The molecule has 1 saturated heterocycles. The lowest BCUT2D eigenvalue weighted by molar-refractivity contribution is -0.137. The largest absolute Gasteiger partial charge is 0.505 e. The number of rotatable bonds is 2. The summed E-state index contributed by atoms with van der Waals surface area (Å²) in [5, 5.41) is 12.4. The first kappa shape index (κ1) is 17.7. The third-order valence-electron chi connectivity index (χ3n) is 4.02. The molecule has 0 bridgehead atoms. The van der Waals surface area contributed by atoms with Crippen molar-refractivity contribution in [1.82, 2.24) is 15.2 Å². The van der Waals surface area contributed by atoms with Gasteiger partial charge < -0.3 is 15.3 Å². The molecule has 26 heavy (non-hydrogen) atoms. The molecule has 0 aliphatic carbocycles. The van der Waals surface area contributed by atoms with E-state index < -0.39 is 29.6 Å². The summed E-state index contributed by atoms with van der Waals surface area (Å²) in [6, 6.07) is 5.67. The maximum absolute atomic E-state index is 12.7. The maximum Gasteiger partial charge on any atom is 0.416 e. The minimum Gasteiger partial charge on any atom is -0.505 e. The van der Waals surface area contributed by atoms with Crippen LogP contribution in [-0.4, -0.2) is 39.9 Å². The number of carbonyl (C=O) groups excluding carboxylic acids is 2. The van der Waals surface area contributed by atoms with Gasteiger partial charge in [-0.1, -0.05) is 12.1 Å². The van der Waals surface area contributed by atoms with Gasteiger partial charge in [-0.25, -0.2) is 4.98 Å². The lowest BCUT2D eigenvalue weighted by Crippen LogP contribution is -2.52. The molecule has 0 radical (unpaired) electrons. The Labute approximate surface area is 146 Å². The second kappa shape index (κ2) is 6.66. The molecular formula is C17H14F3N3O3. The van der Waals surface area contributed by atoms with Crippen LogP contribution >= 0.6 is 0 Å². The summed E-state index contributed by atoms with van der Waals surface area (Å²) in [7, 11) is 0. The fraction of sp³-hybridized carbons (Fsp3) is 0.235. The minimum absolute atomic E-state index is 0.131. The molecule has 1 aliphatic heterocycles. The number of carbonyl (C=O) groups is 2. The van der Waals surface area contributed by atoms with Crippen molar-refractivity contribution in [1.29, 1.82) is 0 Å². The first-order valence-electron chi connectivity index (χ1n) is 7.69. The zero-order valence-electron chi connectivity index (χ0n) is 13.3. The predicted molar refractivity (Wildman–Crippen MR) is 84.1 cm³/mol. The third-order valence-corrected chi connectivity index (χ3v) is 4.02. The number of amides is 2. The van der Waals surface area contributed by atoms with Crippen LogP contribution in [0.15, 0.2) is 42.6 Å². The molecule has 1 atom stereocenters. The van der Waals surface area contributed by atoms with Crippen molar-refractivity contribution in [2.45, 2.75) is 12.2 Å². The summed E-state index contributed by atoms with van der Waals surface area (Å²) >= 11 is 0. The Morgan fingerprint density at radius 3 is 2.54 bits per heavy atom. The number of aromatic hydroxyl groups is 1. The number of aromatic nitrogens is 1. The van der Waals surface area contributed by atoms with E-state index in [1.807, 2.05) is 0 Å². The zero-order valence-corrected chi connectivity index (χ0v) is 13.3. The van der Waals surface area contributed by atoms with Gasteiger partial charge in [0, 0.05) is 19.3 Å². The summed E-state index contributed by atoms with van der Waals surface area (Å²) in [6.45, 7) is 0.321. The van der Waals surface area contributed by atoms with Crippen LogP contribution in [-0.2, 0) is 11.0 Å². The molecule has 1 aromatic carbocycles. The van der Waals surface area contributed by atoms with Gasteiger partial charge in [0.05, 0.1) is 5.56 Å². The van der Waals surface area contributed by atoms with E-state index in [2.05, 4.69) is 10.3 Å². The third kappa shape index (κ3) is 3.32. The number of piperazine rings is 1. The van der Waals surface area contributed by atoms with Gasteiger partial charge in [-0.2, -0.15) is 13.2 Å². The lowest BCUT2D eigenvalue weighted by atomic mass is 10.00. The van der Waals surface area contributed by atoms with Crippen molar-refractivity contribution in [3.63, 3.8) is 0 Å². The monoisotopic (exact) mass is 365 g/mol. The van der Waals surface area contributed by atoms with Crippen LogP contribution < -0.4 is 5.32 Å². The van der Waals surface area contributed by atoms with Gasteiger partial charge in [-0.15, -0.1) is 0 Å². The predicted octanol–water partition coefficient (Wildman–Crippen LogP) is 2.12. The van der Waals surface area contributed by atoms with Gasteiger partial charge in [0.2, 0.25) is 5.91 Å². The molecule has 1 fully saturated rings. The normalized spacial score (nSPS) is 17.7. The van der Waals surface area contributed by atoms with Gasteiger partial charge in [0.15, 0.2) is 5.69 Å². The highest BCUT2D eigenvalue weighted by atomic mass is 19.4. The summed E-state index contributed by atoms with van der Waals surface area (Å²) < 4.78 is 38.2. The standard InChI is InChI=1S/C17H14F3N3O3/c18-17(19,20)11-5-3-10(4-6-11)14-15(25)22-8-9-23(14)16(26)13-12(24)2-1-7-21-13/h1-7,14,24H,8-9H2,(H,22,25). The highest BCUT2D eigenvalue weighted by Crippen LogP contribution is 2.32. The summed E-state index contributed by atoms with van der Waals surface area (Å²) in [4.78, 5) is 30.0. The topological polar surface area (TPSA) is 82.5 Å². The molecule has 1 aromatic heterocycles. The number of hydrogen-bond donors (Lipinski definition) is 2. The number of nitrogens with one attached hydrogen (secondary N) is 1. The summed E-state index contributed by atoms with van der Waals surface area (Å²) in [5.41, 5.74) is -0.837. The molecule has 1 unspecified atom stereocenters. The van der Waals surface area contributed by atoms with Crippen LogP contribution in [0.1, 0.15) is 27.7 Å². The van der Waals surface area contributed by atoms with E-state index in [9.17, 15) is 27.9 Å². The lowest BCUT2D eigenvalue weighted by Gasteiger charge is -2.35. The SMILES string of the molecule is O=C1NCCN(C(=O)c2ncccc2O)C1c1ccc(C(F)(F)F)cc1. The molecule has 2 N–H and O–H groups in total. The highest BCUT2D eigenvalue weighted by molar-refractivity contribution is 5.98. The van der Waals surface area contributed by atoms with Crippen molar-refractivity contribution in [2.24, 2.45) is 0 Å². The van der Waals surface area contributed by atoms with Crippen LogP contribution in [0.5, 0.6) is 5.75 Å². The molecule has 2 heterocycles. The number of pyridine rings is 1. The Hall–Kier alpha value is -3.10. The van der Waals surface area contributed by atoms with Crippen LogP contribution in [0.4, 0.5) is 13.2 Å².